The molecule has 2 heterocycles. The van der Waals surface area contributed by atoms with Crippen molar-refractivity contribution in [3.63, 3.8) is 0 Å². The van der Waals surface area contributed by atoms with Gasteiger partial charge in [-0.15, -0.1) is 0 Å². The molecule has 1 fully saturated rings. The summed E-state index contributed by atoms with van der Waals surface area (Å²) in [4.78, 5) is 27.4. The smallest absolute Gasteiger partial charge is 0.207 e. The van der Waals surface area contributed by atoms with Crippen molar-refractivity contribution < 1.29 is 14.3 Å². The summed E-state index contributed by atoms with van der Waals surface area (Å²) < 4.78 is 6.03. The number of aldehydes is 1. The fourth-order valence-corrected chi connectivity index (χ4v) is 6.61. The van der Waals surface area contributed by atoms with Gasteiger partial charge in [0, 0.05) is 46.7 Å². The number of nitrogens with one attached hydrogen (secondary N) is 1. The summed E-state index contributed by atoms with van der Waals surface area (Å²) in [5.41, 5.74) is 5.09. The van der Waals surface area contributed by atoms with Gasteiger partial charge in [0.05, 0.1) is 12.3 Å². The molecular formula is C29H38BrCl2N3O3. The van der Waals surface area contributed by atoms with Gasteiger partial charge in [-0.1, -0.05) is 23.2 Å². The van der Waals surface area contributed by atoms with Crippen LogP contribution in [0, 0.1) is 11.8 Å². The minimum Gasteiger partial charge on any atom is -0.384 e. The number of unbranched alkanes of at least 4 members (excludes halogenated alkanes) is 1. The lowest BCUT2D eigenvalue weighted by molar-refractivity contribution is -0.110. The molecule has 4 rings (SSSR count). The Morgan fingerprint density at radius 2 is 1.92 bits per heavy atom. The van der Waals surface area contributed by atoms with E-state index >= 15 is 0 Å². The van der Waals surface area contributed by atoms with Crippen molar-refractivity contribution in [2.24, 2.45) is 11.8 Å². The number of ether oxygens (including phenoxy) is 1. The van der Waals surface area contributed by atoms with Crippen LogP contribution in [0.1, 0.15) is 60.4 Å². The number of methoxy groups -OCH3 is 1. The molecule has 0 saturated carbocycles. The normalized spacial score (nSPS) is 18.3. The van der Waals surface area contributed by atoms with Crippen molar-refractivity contribution >= 4 is 51.8 Å². The maximum Gasteiger partial charge on any atom is 0.207 e. The monoisotopic (exact) mass is 625 g/mol. The molecule has 1 aliphatic carbocycles. The van der Waals surface area contributed by atoms with E-state index in [-0.39, 0.29) is 5.92 Å². The molecule has 1 amide bonds. The summed E-state index contributed by atoms with van der Waals surface area (Å²) in [6.07, 6.45) is 10.2. The molecule has 6 nitrogen and oxygen atoms in total. The lowest BCUT2D eigenvalue weighted by Gasteiger charge is -2.35. The van der Waals surface area contributed by atoms with Crippen molar-refractivity contribution in [3.05, 3.63) is 61.3 Å². The molecule has 38 heavy (non-hydrogen) atoms. The van der Waals surface area contributed by atoms with Crippen molar-refractivity contribution in [1.82, 2.24) is 15.2 Å². The number of aromatic nitrogens is 1. The van der Waals surface area contributed by atoms with E-state index in [9.17, 15) is 9.59 Å². The average Bonchev–Trinajstić information content (AvgIpc) is 3.05. The van der Waals surface area contributed by atoms with E-state index in [1.54, 1.807) is 7.11 Å². The van der Waals surface area contributed by atoms with Crippen LogP contribution >= 0.6 is 39.1 Å². The van der Waals surface area contributed by atoms with Gasteiger partial charge in [0.2, 0.25) is 6.41 Å². The topological polar surface area (TPSA) is 71.5 Å². The van der Waals surface area contributed by atoms with Crippen molar-refractivity contribution in [1.29, 1.82) is 0 Å². The first-order chi connectivity index (χ1) is 18.4. The number of amides is 1. The van der Waals surface area contributed by atoms with Gasteiger partial charge in [-0.25, -0.2) is 0 Å². The first kappa shape index (κ1) is 31.0. The van der Waals surface area contributed by atoms with E-state index in [1.807, 2.05) is 12.3 Å². The van der Waals surface area contributed by atoms with Crippen LogP contribution in [0.3, 0.4) is 0 Å². The highest BCUT2D eigenvalue weighted by molar-refractivity contribution is 9.10. The molecule has 9 heteroatoms. The lowest BCUT2D eigenvalue weighted by Crippen LogP contribution is -2.33. The first-order valence-electron chi connectivity index (χ1n) is 13.3. The summed E-state index contributed by atoms with van der Waals surface area (Å²) in [5.74, 6) is 1.15. The fraction of sp³-hybridized carbons (Fsp3) is 0.552. The second-order valence-corrected chi connectivity index (χ2v) is 12.0. The van der Waals surface area contributed by atoms with Gasteiger partial charge < -0.3 is 19.7 Å². The van der Waals surface area contributed by atoms with E-state index in [1.165, 1.54) is 35.2 Å². The second-order valence-electron chi connectivity index (χ2n) is 10.2. The fourth-order valence-electron chi connectivity index (χ4n) is 5.58. The number of nitrogens with zero attached hydrogens (tertiary/aromatic N) is 2. The Balaban J connectivity index is 0.000000263. The van der Waals surface area contributed by atoms with Gasteiger partial charge in [0.1, 0.15) is 6.29 Å². The Kier molecular flexibility index (Phi) is 13.0. The second kappa shape index (κ2) is 15.9. The van der Waals surface area contributed by atoms with Crippen molar-refractivity contribution in [2.45, 2.75) is 50.9 Å². The third-order valence-electron chi connectivity index (χ3n) is 7.48. The maximum absolute atomic E-state index is 10.1. The van der Waals surface area contributed by atoms with E-state index in [4.69, 9.17) is 32.9 Å². The minimum atomic E-state index is 0.263. The number of benzene rings is 1. The minimum absolute atomic E-state index is 0.263. The van der Waals surface area contributed by atoms with Gasteiger partial charge in [0.15, 0.2) is 0 Å². The molecule has 1 aromatic heterocycles. The van der Waals surface area contributed by atoms with Gasteiger partial charge in [0.25, 0.3) is 0 Å². The zero-order valence-corrected chi connectivity index (χ0v) is 25.3. The number of pyridine rings is 1. The lowest BCUT2D eigenvalue weighted by atomic mass is 9.76. The molecule has 0 radical (unpaired) electrons. The van der Waals surface area contributed by atoms with Crippen LogP contribution in [-0.2, 0) is 27.2 Å². The molecule has 1 N–H and O–H groups in total. The number of aryl methyl sites for hydroxylation is 2. The molecule has 0 spiro atoms. The zero-order valence-electron chi connectivity index (χ0n) is 22.2. The Morgan fingerprint density at radius 3 is 2.61 bits per heavy atom. The van der Waals surface area contributed by atoms with Gasteiger partial charge in [-0.3, -0.25) is 9.78 Å². The molecule has 2 unspecified atom stereocenters. The van der Waals surface area contributed by atoms with E-state index in [0.717, 1.165) is 59.6 Å². The number of carbonyl (C=O) groups excluding carboxylic acids is 2. The highest BCUT2D eigenvalue weighted by Gasteiger charge is 2.35. The number of hydrogen-bond acceptors (Lipinski definition) is 5. The van der Waals surface area contributed by atoms with Crippen LogP contribution in [0.25, 0.3) is 0 Å². The number of fused-ring (bicyclic) bond motifs is 2. The molecule has 1 saturated heterocycles. The van der Waals surface area contributed by atoms with Crippen LogP contribution in [0.4, 0.5) is 0 Å². The zero-order chi connectivity index (χ0) is 27.5. The summed E-state index contributed by atoms with van der Waals surface area (Å²) in [6, 6.07) is 6.23. The van der Waals surface area contributed by atoms with Crippen LogP contribution in [0.15, 0.2) is 28.9 Å². The largest absolute Gasteiger partial charge is 0.384 e. The van der Waals surface area contributed by atoms with E-state index < -0.39 is 0 Å². The Labute approximate surface area is 244 Å². The van der Waals surface area contributed by atoms with Crippen LogP contribution < -0.4 is 5.32 Å². The first-order valence-corrected chi connectivity index (χ1v) is 14.8. The molecule has 2 atom stereocenters. The number of likely N-dealkylation sites (tertiary alicyclic amines) is 1. The quantitative estimate of drug-likeness (QED) is 0.255. The van der Waals surface area contributed by atoms with Gasteiger partial charge in [-0.05, 0) is 121 Å². The molecule has 1 aromatic carbocycles. The van der Waals surface area contributed by atoms with Gasteiger partial charge >= 0.3 is 0 Å². The summed E-state index contributed by atoms with van der Waals surface area (Å²) in [6.45, 7) is 3.51. The van der Waals surface area contributed by atoms with Gasteiger partial charge in [-0.2, -0.15) is 0 Å². The SMILES string of the molecule is CN1CCC(C2c3ncc(Br)cc3CCc3cc(Cl)cc(Cl)c32)CC1.COCC(CCCC=O)CNC=O. The predicted octanol–water partition coefficient (Wildman–Crippen LogP) is 6.09. The van der Waals surface area contributed by atoms with Crippen LogP contribution in [0.5, 0.6) is 0 Å². The third-order valence-corrected chi connectivity index (χ3v) is 8.44. The number of carbonyl (C=O) groups is 2. The van der Waals surface area contributed by atoms with Crippen molar-refractivity contribution in [2.75, 3.05) is 40.4 Å². The number of halogens is 3. The predicted molar refractivity (Wildman–Crippen MR) is 157 cm³/mol. The Hall–Kier alpha value is -1.51. The van der Waals surface area contributed by atoms with Crippen LogP contribution in [0.2, 0.25) is 10.0 Å². The standard InChI is InChI=1S/C20H21BrCl2N2.C9H17NO3/c1-25-6-4-12(5-7-25)19-18-13(9-16(22)10-17(18)23)2-3-14-8-15(21)11-24-20(14)19;1-13-7-9(6-10-8-12)4-2-3-5-11/h8-12,19H,2-7H2,1H3;5,8-9H,2-4,6-7H2,1H3,(H,10,12). The summed E-state index contributed by atoms with van der Waals surface area (Å²) in [7, 11) is 3.83. The maximum atomic E-state index is 10.1. The van der Waals surface area contributed by atoms with Crippen molar-refractivity contribution in [3.8, 4) is 0 Å². The Bertz CT molecular complexity index is 1060. The molecule has 2 aliphatic rings. The van der Waals surface area contributed by atoms with E-state index in [0.29, 0.717) is 37.8 Å². The molecule has 208 valence electrons. The van der Waals surface area contributed by atoms with E-state index in [2.05, 4.69) is 45.3 Å². The number of rotatable bonds is 10. The molecule has 0 bridgehead atoms. The molecule has 2 aromatic rings. The number of hydrogen-bond donors (Lipinski definition) is 1. The average molecular weight is 627 g/mol. The van der Waals surface area contributed by atoms with Crippen LogP contribution in [-0.4, -0.2) is 63.0 Å². The highest BCUT2D eigenvalue weighted by Crippen LogP contribution is 2.45. The Morgan fingerprint density at radius 1 is 1.18 bits per heavy atom. The molecular weight excluding hydrogens is 589 g/mol. The number of piperidine rings is 1. The highest BCUT2D eigenvalue weighted by atomic mass is 79.9. The summed E-state index contributed by atoms with van der Waals surface area (Å²) >= 11 is 16.6. The summed E-state index contributed by atoms with van der Waals surface area (Å²) in [5, 5.41) is 4.13. The third kappa shape index (κ3) is 8.75. The molecule has 1 aliphatic heterocycles.